The van der Waals surface area contributed by atoms with E-state index in [1.807, 2.05) is 19.2 Å². The average Bonchev–Trinajstić information content (AvgIpc) is 2.49. The molecule has 23 heavy (non-hydrogen) atoms. The first-order valence-electron chi connectivity index (χ1n) is 7.58. The lowest BCUT2D eigenvalue weighted by Gasteiger charge is -2.27. The Morgan fingerprint density at radius 3 is 2.30 bits per heavy atom. The summed E-state index contributed by atoms with van der Waals surface area (Å²) in [5.41, 5.74) is -1.49. The van der Waals surface area contributed by atoms with Crippen molar-refractivity contribution in [3.63, 3.8) is 0 Å². The van der Waals surface area contributed by atoms with Crippen molar-refractivity contribution in [2.75, 3.05) is 11.9 Å². The fraction of sp³-hybridized carbons (Fsp3) is 0.500. The molecule has 0 saturated heterocycles. The van der Waals surface area contributed by atoms with Crippen molar-refractivity contribution in [2.45, 2.75) is 45.1 Å². The van der Waals surface area contributed by atoms with Gasteiger partial charge in [0.25, 0.3) is 0 Å². The first kappa shape index (κ1) is 19.0. The maximum absolute atomic E-state index is 13.4. The molecule has 128 valence electrons. The van der Waals surface area contributed by atoms with Crippen molar-refractivity contribution in [1.82, 2.24) is 5.32 Å². The number of carbonyl (C=O) groups is 2. The summed E-state index contributed by atoms with van der Waals surface area (Å²) >= 11 is 0. The molecule has 2 amide bonds. The van der Waals surface area contributed by atoms with Crippen LogP contribution in [0.4, 0.5) is 14.5 Å². The average molecular weight is 328 g/mol. The minimum Gasteiger partial charge on any atom is -0.388 e. The number of anilines is 1. The molecule has 0 aromatic heterocycles. The van der Waals surface area contributed by atoms with Gasteiger partial charge in [-0.25, -0.2) is 8.78 Å². The Morgan fingerprint density at radius 1 is 1.13 bits per heavy atom. The smallest absolute Gasteiger partial charge is 0.313 e. The summed E-state index contributed by atoms with van der Waals surface area (Å²) in [5, 5.41) is 14.7. The van der Waals surface area contributed by atoms with Gasteiger partial charge in [0.1, 0.15) is 11.6 Å². The predicted molar refractivity (Wildman–Crippen MR) is 82.8 cm³/mol. The maximum atomic E-state index is 13.4. The fourth-order valence-electron chi connectivity index (χ4n) is 2.33. The van der Waals surface area contributed by atoms with E-state index in [2.05, 4.69) is 5.32 Å². The van der Waals surface area contributed by atoms with Gasteiger partial charge in [-0.05, 0) is 25.0 Å². The van der Waals surface area contributed by atoms with E-state index >= 15 is 0 Å². The van der Waals surface area contributed by atoms with Gasteiger partial charge in [0, 0.05) is 12.6 Å². The molecule has 0 unspecified atom stereocenters. The van der Waals surface area contributed by atoms with Gasteiger partial charge in [-0.2, -0.15) is 0 Å². The van der Waals surface area contributed by atoms with Crippen LogP contribution in [0.2, 0.25) is 0 Å². The van der Waals surface area contributed by atoms with Gasteiger partial charge < -0.3 is 15.7 Å². The third-order valence-electron chi connectivity index (χ3n) is 3.39. The van der Waals surface area contributed by atoms with E-state index in [4.69, 9.17) is 0 Å². The Morgan fingerprint density at radius 2 is 1.74 bits per heavy atom. The Labute approximate surface area is 134 Å². The van der Waals surface area contributed by atoms with Crippen LogP contribution in [-0.4, -0.2) is 29.1 Å². The summed E-state index contributed by atoms with van der Waals surface area (Å²) in [4.78, 5) is 23.5. The molecule has 0 aliphatic rings. The van der Waals surface area contributed by atoms with Crippen LogP contribution in [0, 0.1) is 11.6 Å². The highest BCUT2D eigenvalue weighted by Gasteiger charge is 2.27. The van der Waals surface area contributed by atoms with Crippen LogP contribution in [0.5, 0.6) is 0 Å². The number of benzene rings is 1. The number of carbonyl (C=O) groups excluding carboxylic acids is 2. The highest BCUT2D eigenvalue weighted by atomic mass is 19.1. The SMILES string of the molecule is CCCC(O)(CCC)CNC(=O)C(=O)Nc1cc(F)ccc1F. The topological polar surface area (TPSA) is 78.4 Å². The van der Waals surface area contributed by atoms with E-state index < -0.39 is 34.7 Å². The van der Waals surface area contributed by atoms with Gasteiger partial charge in [-0.1, -0.05) is 26.7 Å². The summed E-state index contributed by atoms with van der Waals surface area (Å²) in [6.07, 6.45) is 2.43. The quantitative estimate of drug-likeness (QED) is 0.672. The van der Waals surface area contributed by atoms with Gasteiger partial charge in [0.05, 0.1) is 11.3 Å². The molecule has 0 radical (unpaired) electrons. The summed E-state index contributed by atoms with van der Waals surface area (Å²) in [7, 11) is 0. The Kier molecular flexibility index (Phi) is 7.09. The number of rotatable bonds is 7. The monoisotopic (exact) mass is 328 g/mol. The van der Waals surface area contributed by atoms with Crippen LogP contribution in [0.15, 0.2) is 18.2 Å². The first-order valence-corrected chi connectivity index (χ1v) is 7.58. The molecule has 0 heterocycles. The van der Waals surface area contributed by atoms with E-state index in [-0.39, 0.29) is 6.54 Å². The maximum Gasteiger partial charge on any atom is 0.313 e. The minimum atomic E-state index is -1.12. The lowest BCUT2D eigenvalue weighted by molar-refractivity contribution is -0.137. The van der Waals surface area contributed by atoms with E-state index in [1.165, 1.54) is 0 Å². The van der Waals surface area contributed by atoms with E-state index in [9.17, 15) is 23.5 Å². The van der Waals surface area contributed by atoms with Gasteiger partial charge in [-0.15, -0.1) is 0 Å². The van der Waals surface area contributed by atoms with Crippen LogP contribution in [-0.2, 0) is 9.59 Å². The zero-order chi connectivity index (χ0) is 17.5. The third-order valence-corrected chi connectivity index (χ3v) is 3.39. The molecular formula is C16H22F2N2O3. The zero-order valence-electron chi connectivity index (χ0n) is 13.3. The number of halogens is 2. The van der Waals surface area contributed by atoms with Crippen LogP contribution in [0.1, 0.15) is 39.5 Å². The molecule has 0 spiro atoms. The standard InChI is InChI=1S/C16H22F2N2O3/c1-3-7-16(23,8-4-2)10-19-14(21)15(22)20-13-9-11(17)5-6-12(13)18/h5-6,9,23H,3-4,7-8,10H2,1-2H3,(H,19,21)(H,20,22). The van der Waals surface area contributed by atoms with Gasteiger partial charge >= 0.3 is 11.8 Å². The van der Waals surface area contributed by atoms with Crippen molar-refractivity contribution in [2.24, 2.45) is 0 Å². The minimum absolute atomic E-state index is 0.0768. The zero-order valence-corrected chi connectivity index (χ0v) is 13.3. The second kappa shape index (κ2) is 8.57. The molecule has 7 heteroatoms. The van der Waals surface area contributed by atoms with E-state index in [1.54, 1.807) is 0 Å². The van der Waals surface area contributed by atoms with Crippen molar-refractivity contribution in [1.29, 1.82) is 0 Å². The largest absolute Gasteiger partial charge is 0.388 e. The molecule has 0 aliphatic carbocycles. The van der Waals surface area contributed by atoms with Crippen LogP contribution in [0.25, 0.3) is 0 Å². The Bertz CT molecular complexity index is 558. The van der Waals surface area contributed by atoms with Crippen molar-refractivity contribution >= 4 is 17.5 Å². The Balaban J connectivity index is 2.63. The molecule has 0 fully saturated rings. The van der Waals surface area contributed by atoms with Gasteiger partial charge in [0.2, 0.25) is 0 Å². The molecule has 1 rings (SSSR count). The normalized spacial score (nSPS) is 11.2. The van der Waals surface area contributed by atoms with Crippen molar-refractivity contribution in [3.8, 4) is 0 Å². The Hall–Kier alpha value is -2.02. The number of aliphatic hydroxyl groups is 1. The predicted octanol–water partition coefficient (Wildman–Crippen LogP) is 2.35. The first-order chi connectivity index (χ1) is 10.8. The number of amides is 2. The van der Waals surface area contributed by atoms with Crippen LogP contribution < -0.4 is 10.6 Å². The lowest BCUT2D eigenvalue weighted by Crippen LogP contribution is -2.46. The molecule has 0 bridgehead atoms. The van der Waals surface area contributed by atoms with Crippen molar-refractivity contribution in [3.05, 3.63) is 29.8 Å². The molecule has 5 nitrogen and oxygen atoms in total. The van der Waals surface area contributed by atoms with Gasteiger partial charge in [-0.3, -0.25) is 9.59 Å². The second-order valence-corrected chi connectivity index (χ2v) is 5.49. The van der Waals surface area contributed by atoms with Gasteiger partial charge in [0.15, 0.2) is 0 Å². The second-order valence-electron chi connectivity index (χ2n) is 5.49. The molecule has 0 saturated carbocycles. The van der Waals surface area contributed by atoms with E-state index in [0.717, 1.165) is 31.0 Å². The highest BCUT2D eigenvalue weighted by Crippen LogP contribution is 2.18. The molecule has 1 aromatic rings. The summed E-state index contributed by atoms with van der Waals surface area (Å²) in [5.74, 6) is -3.72. The highest BCUT2D eigenvalue weighted by molar-refractivity contribution is 6.39. The number of nitrogens with one attached hydrogen (secondary N) is 2. The summed E-state index contributed by atoms with van der Waals surface area (Å²) in [6, 6.07) is 2.54. The molecule has 0 aliphatic heterocycles. The third kappa shape index (κ3) is 5.94. The van der Waals surface area contributed by atoms with E-state index in [0.29, 0.717) is 12.8 Å². The molecule has 3 N–H and O–H groups in total. The molecule has 1 aromatic carbocycles. The van der Waals surface area contributed by atoms with Crippen LogP contribution >= 0.6 is 0 Å². The molecular weight excluding hydrogens is 306 g/mol. The van der Waals surface area contributed by atoms with Crippen LogP contribution in [0.3, 0.4) is 0 Å². The molecule has 0 atom stereocenters. The fourth-order valence-corrected chi connectivity index (χ4v) is 2.33. The van der Waals surface area contributed by atoms with Crippen molar-refractivity contribution < 1.29 is 23.5 Å². The summed E-state index contributed by atoms with van der Waals surface area (Å²) in [6.45, 7) is 3.73. The lowest BCUT2D eigenvalue weighted by atomic mass is 9.92. The number of hydrogen-bond acceptors (Lipinski definition) is 3. The summed E-state index contributed by atoms with van der Waals surface area (Å²) < 4.78 is 26.4. The number of hydrogen-bond donors (Lipinski definition) is 3.